The summed E-state index contributed by atoms with van der Waals surface area (Å²) in [5.74, 6) is -7.04. The second kappa shape index (κ2) is 6.22. The number of esters is 1. The van der Waals surface area contributed by atoms with Crippen molar-refractivity contribution >= 4 is 23.6 Å². The van der Waals surface area contributed by atoms with E-state index in [9.17, 15) is 31.5 Å². The van der Waals surface area contributed by atoms with Gasteiger partial charge in [0, 0.05) is 12.3 Å². The number of nitrogens with zero attached hydrogens (tertiary/aromatic N) is 1. The Bertz CT molecular complexity index is 403. The predicted octanol–water partition coefficient (Wildman–Crippen LogP) is 1.78. The van der Waals surface area contributed by atoms with Gasteiger partial charge in [0.25, 0.3) is 0 Å². The molecule has 0 aromatic rings. The first-order valence-corrected chi connectivity index (χ1v) is 6.04. The Balaban J connectivity index is 2.52. The molecule has 108 valence electrons. The van der Waals surface area contributed by atoms with Crippen molar-refractivity contribution in [2.45, 2.75) is 6.18 Å². The van der Waals surface area contributed by atoms with E-state index < -0.39 is 36.3 Å². The molecule has 4 nitrogen and oxygen atoms in total. The van der Waals surface area contributed by atoms with Gasteiger partial charge in [0.1, 0.15) is 6.61 Å². The lowest BCUT2D eigenvalue weighted by Gasteiger charge is -2.12. The van der Waals surface area contributed by atoms with Crippen LogP contribution in [0.5, 0.6) is 0 Å². The van der Waals surface area contributed by atoms with Crippen molar-refractivity contribution in [3.63, 3.8) is 0 Å². The third-order valence-electron chi connectivity index (χ3n) is 2.03. The van der Waals surface area contributed by atoms with Gasteiger partial charge >= 0.3 is 18.1 Å². The van der Waals surface area contributed by atoms with E-state index in [0.29, 0.717) is 5.75 Å². The molecular formula is C9H8F5NO3S. The highest BCUT2D eigenvalue weighted by Crippen LogP contribution is 2.29. The van der Waals surface area contributed by atoms with Gasteiger partial charge in [0.2, 0.25) is 5.83 Å². The van der Waals surface area contributed by atoms with Gasteiger partial charge in [-0.05, 0) is 0 Å². The molecule has 0 radical (unpaired) electrons. The fraction of sp³-hybridized carbons (Fsp3) is 0.556. The molecule has 0 aromatic heterocycles. The molecule has 1 aliphatic rings. The summed E-state index contributed by atoms with van der Waals surface area (Å²) in [5.41, 5.74) is 0. The van der Waals surface area contributed by atoms with E-state index in [0.717, 1.165) is 4.90 Å². The standard InChI is InChI=1S/C9H8F5NO3S/c10-5(6(11)9(12,13)14)3-18-8(17)7(16)15-1-2-19-4-15/h1-4H2/b6-5+. The third kappa shape index (κ3) is 4.37. The average Bonchev–Trinajstić information content (AvgIpc) is 2.86. The number of halogens is 5. The molecule has 0 spiro atoms. The van der Waals surface area contributed by atoms with E-state index >= 15 is 0 Å². The summed E-state index contributed by atoms with van der Waals surface area (Å²) in [4.78, 5) is 23.5. The van der Waals surface area contributed by atoms with Gasteiger partial charge in [-0.25, -0.2) is 9.18 Å². The summed E-state index contributed by atoms with van der Waals surface area (Å²) in [7, 11) is 0. The van der Waals surface area contributed by atoms with Gasteiger partial charge in [-0.15, -0.1) is 11.8 Å². The maximum Gasteiger partial charge on any atom is 0.445 e. The van der Waals surface area contributed by atoms with Gasteiger partial charge < -0.3 is 9.64 Å². The van der Waals surface area contributed by atoms with Crippen LogP contribution in [0, 0.1) is 0 Å². The van der Waals surface area contributed by atoms with Crippen molar-refractivity contribution in [2.75, 3.05) is 24.8 Å². The molecule has 1 aliphatic heterocycles. The zero-order chi connectivity index (χ0) is 14.6. The number of amides is 1. The first-order chi connectivity index (χ1) is 8.73. The van der Waals surface area contributed by atoms with Crippen molar-refractivity contribution in [3.8, 4) is 0 Å². The summed E-state index contributed by atoms with van der Waals surface area (Å²) in [6, 6.07) is 0. The van der Waals surface area contributed by atoms with Crippen LogP contribution < -0.4 is 0 Å². The highest BCUT2D eigenvalue weighted by Gasteiger charge is 2.38. The lowest BCUT2D eigenvalue weighted by Crippen LogP contribution is -2.35. The van der Waals surface area contributed by atoms with Crippen LogP contribution in [0.2, 0.25) is 0 Å². The van der Waals surface area contributed by atoms with E-state index in [1.165, 1.54) is 11.8 Å². The smallest absolute Gasteiger partial charge is 0.445 e. The molecule has 0 aromatic carbocycles. The van der Waals surface area contributed by atoms with Crippen LogP contribution in [-0.2, 0) is 14.3 Å². The molecule has 0 aliphatic carbocycles. The van der Waals surface area contributed by atoms with Gasteiger partial charge in [-0.3, -0.25) is 4.79 Å². The van der Waals surface area contributed by atoms with Gasteiger partial charge in [-0.2, -0.15) is 17.6 Å². The molecule has 1 saturated heterocycles. The van der Waals surface area contributed by atoms with E-state index in [1.807, 2.05) is 0 Å². The quantitative estimate of drug-likeness (QED) is 0.443. The summed E-state index contributed by atoms with van der Waals surface area (Å²) >= 11 is 1.37. The minimum Gasteiger partial charge on any atom is -0.451 e. The second-order valence-corrected chi connectivity index (χ2v) is 4.47. The summed E-state index contributed by atoms with van der Waals surface area (Å²) < 4.78 is 64.2. The van der Waals surface area contributed by atoms with Crippen LogP contribution >= 0.6 is 11.8 Å². The van der Waals surface area contributed by atoms with E-state index in [-0.39, 0.29) is 12.4 Å². The Kier molecular flexibility index (Phi) is 5.15. The molecule has 1 amide bonds. The van der Waals surface area contributed by atoms with Crippen LogP contribution in [0.15, 0.2) is 11.7 Å². The van der Waals surface area contributed by atoms with E-state index in [4.69, 9.17) is 0 Å². The number of allylic oxidation sites excluding steroid dienone is 1. The van der Waals surface area contributed by atoms with Crippen LogP contribution in [0.3, 0.4) is 0 Å². The second-order valence-electron chi connectivity index (χ2n) is 3.40. The minimum absolute atomic E-state index is 0.239. The van der Waals surface area contributed by atoms with Crippen LogP contribution in [0.4, 0.5) is 22.0 Å². The maximum atomic E-state index is 12.7. The Hall–Kier alpha value is -1.32. The Morgan fingerprint density at radius 3 is 2.37 bits per heavy atom. The molecular weight excluding hydrogens is 297 g/mol. The van der Waals surface area contributed by atoms with Crippen LogP contribution in [0.1, 0.15) is 0 Å². The monoisotopic (exact) mass is 305 g/mol. The molecule has 19 heavy (non-hydrogen) atoms. The zero-order valence-electron chi connectivity index (χ0n) is 9.30. The van der Waals surface area contributed by atoms with Gasteiger partial charge in [-0.1, -0.05) is 0 Å². The molecule has 0 N–H and O–H groups in total. The fourth-order valence-electron chi connectivity index (χ4n) is 1.11. The van der Waals surface area contributed by atoms with E-state index in [1.54, 1.807) is 0 Å². The van der Waals surface area contributed by atoms with Gasteiger partial charge in [0.15, 0.2) is 5.83 Å². The number of hydrogen-bond acceptors (Lipinski definition) is 4. The number of hydrogen-bond donors (Lipinski definition) is 0. The molecule has 10 heteroatoms. The molecule has 1 fully saturated rings. The molecule has 1 rings (SSSR count). The predicted molar refractivity (Wildman–Crippen MR) is 55.3 cm³/mol. The fourth-order valence-corrected chi connectivity index (χ4v) is 2.06. The van der Waals surface area contributed by atoms with Gasteiger partial charge in [0.05, 0.1) is 5.88 Å². The number of carbonyl (C=O) groups is 2. The minimum atomic E-state index is -5.49. The first kappa shape index (κ1) is 15.7. The summed E-state index contributed by atoms with van der Waals surface area (Å²) in [6.07, 6.45) is -5.49. The van der Waals surface area contributed by atoms with Crippen LogP contribution in [0.25, 0.3) is 0 Å². The number of rotatable bonds is 2. The Morgan fingerprint density at radius 2 is 1.89 bits per heavy atom. The zero-order valence-corrected chi connectivity index (χ0v) is 10.1. The van der Waals surface area contributed by atoms with Crippen molar-refractivity contribution < 1.29 is 36.3 Å². The SMILES string of the molecule is O=C(OC/C(F)=C(\F)C(F)(F)F)C(=O)N1CCSC1. The maximum absolute atomic E-state index is 12.7. The average molecular weight is 305 g/mol. The Morgan fingerprint density at radius 1 is 1.26 bits per heavy atom. The summed E-state index contributed by atoms with van der Waals surface area (Å²) in [5, 5.41) is 0. The molecule has 1 heterocycles. The number of alkyl halides is 3. The number of thioether (sulfide) groups is 1. The van der Waals surface area contributed by atoms with Crippen LogP contribution in [-0.4, -0.2) is 47.7 Å². The third-order valence-corrected chi connectivity index (χ3v) is 3.00. The molecule has 0 unspecified atom stereocenters. The molecule has 0 saturated carbocycles. The Labute approximate surface area is 108 Å². The van der Waals surface area contributed by atoms with E-state index in [2.05, 4.69) is 4.74 Å². The topological polar surface area (TPSA) is 46.6 Å². The van der Waals surface area contributed by atoms with Crippen molar-refractivity contribution in [1.82, 2.24) is 4.90 Å². The largest absolute Gasteiger partial charge is 0.451 e. The highest BCUT2D eigenvalue weighted by molar-refractivity contribution is 7.99. The van der Waals surface area contributed by atoms with Crippen molar-refractivity contribution in [1.29, 1.82) is 0 Å². The lowest BCUT2D eigenvalue weighted by atomic mass is 10.4. The molecule has 0 bridgehead atoms. The first-order valence-electron chi connectivity index (χ1n) is 4.88. The lowest BCUT2D eigenvalue weighted by molar-refractivity contribution is -0.159. The number of ether oxygens (including phenoxy) is 1. The normalized spacial score (nSPS) is 17.2. The van der Waals surface area contributed by atoms with Crippen molar-refractivity contribution in [2.24, 2.45) is 0 Å². The summed E-state index contributed by atoms with van der Waals surface area (Å²) in [6.45, 7) is -1.29. The number of carbonyl (C=O) groups excluding carboxylic acids is 2. The van der Waals surface area contributed by atoms with Crippen molar-refractivity contribution in [3.05, 3.63) is 11.7 Å². The molecule has 0 atom stereocenters. The highest BCUT2D eigenvalue weighted by atomic mass is 32.2.